The van der Waals surface area contributed by atoms with Gasteiger partial charge in [-0.1, -0.05) is 12.1 Å². The number of aryl methyl sites for hydroxylation is 1. The number of rotatable bonds is 5. The second-order valence-electron chi connectivity index (χ2n) is 5.37. The number of benzene rings is 2. The third kappa shape index (κ3) is 3.74. The third-order valence-corrected chi connectivity index (χ3v) is 3.57. The van der Waals surface area contributed by atoms with E-state index in [1.807, 2.05) is 0 Å². The number of nitrogens with one attached hydrogen (secondary N) is 1. The molecule has 0 fully saturated rings. The molecule has 0 radical (unpaired) electrons. The molecule has 1 N–H and O–H groups in total. The van der Waals surface area contributed by atoms with Gasteiger partial charge in [-0.3, -0.25) is 4.79 Å². The lowest BCUT2D eigenvalue weighted by molar-refractivity contribution is -0.116. The van der Waals surface area contributed by atoms with E-state index in [2.05, 4.69) is 10.3 Å². The van der Waals surface area contributed by atoms with Gasteiger partial charge in [-0.15, -0.1) is 0 Å². The molecule has 0 aliphatic heterocycles. The van der Waals surface area contributed by atoms with E-state index in [0.29, 0.717) is 6.07 Å². The number of aromatic nitrogens is 1. The van der Waals surface area contributed by atoms with Gasteiger partial charge in [0.15, 0.2) is 29.1 Å². The monoisotopic (exact) mass is 364 g/mol. The van der Waals surface area contributed by atoms with Crippen molar-refractivity contribution in [3.63, 3.8) is 0 Å². The van der Waals surface area contributed by atoms with Gasteiger partial charge < -0.3 is 9.73 Å². The molecule has 1 amide bonds. The smallest absolute Gasteiger partial charge is 0.224 e. The van der Waals surface area contributed by atoms with Crippen molar-refractivity contribution in [1.29, 1.82) is 0 Å². The van der Waals surface area contributed by atoms with Crippen LogP contribution in [-0.2, 0) is 11.2 Å². The summed E-state index contributed by atoms with van der Waals surface area (Å²) in [6.07, 6.45) is 1.25. The Kier molecular flexibility index (Phi) is 5.01. The molecule has 0 spiro atoms. The molecule has 8 heteroatoms. The minimum Gasteiger partial charge on any atom is -0.441 e. The maximum absolute atomic E-state index is 13.7. The van der Waals surface area contributed by atoms with Crippen molar-refractivity contribution in [3.8, 4) is 11.3 Å². The molecule has 4 nitrogen and oxygen atoms in total. The topological polar surface area (TPSA) is 55.1 Å². The number of halogens is 4. The van der Waals surface area contributed by atoms with E-state index in [9.17, 15) is 22.4 Å². The van der Waals surface area contributed by atoms with Crippen LogP contribution in [-0.4, -0.2) is 10.9 Å². The first-order valence-corrected chi connectivity index (χ1v) is 7.58. The van der Waals surface area contributed by atoms with Gasteiger partial charge in [0.2, 0.25) is 5.91 Å². The van der Waals surface area contributed by atoms with Crippen LogP contribution in [0.1, 0.15) is 12.3 Å². The highest BCUT2D eigenvalue weighted by atomic mass is 19.2. The normalized spacial score (nSPS) is 10.8. The van der Waals surface area contributed by atoms with Gasteiger partial charge in [0.1, 0.15) is 5.82 Å². The standard InChI is InChI=1S/C18H12F4N2O2/c19-11-4-2-1-3-10(11)14-9-23-16(26-14)8-7-15(25)24-13-6-5-12(20)17(21)18(13)22/h1-6,9H,7-8H2,(H,24,25). The third-order valence-electron chi connectivity index (χ3n) is 3.57. The molecule has 2 aromatic carbocycles. The summed E-state index contributed by atoms with van der Waals surface area (Å²) in [7, 11) is 0. The Morgan fingerprint density at radius 1 is 1.00 bits per heavy atom. The largest absolute Gasteiger partial charge is 0.441 e. The van der Waals surface area contributed by atoms with Gasteiger partial charge in [-0.25, -0.2) is 22.5 Å². The number of carbonyl (C=O) groups is 1. The molecular formula is C18H12F4N2O2. The van der Waals surface area contributed by atoms with Crippen molar-refractivity contribution in [1.82, 2.24) is 4.98 Å². The van der Waals surface area contributed by atoms with Crippen LogP contribution in [0, 0.1) is 23.3 Å². The van der Waals surface area contributed by atoms with E-state index in [4.69, 9.17) is 4.42 Å². The number of hydrogen-bond donors (Lipinski definition) is 1. The molecule has 0 atom stereocenters. The zero-order valence-electron chi connectivity index (χ0n) is 13.2. The predicted octanol–water partition coefficient (Wildman–Crippen LogP) is 4.47. The molecule has 1 heterocycles. The molecule has 0 unspecified atom stereocenters. The minimum absolute atomic E-state index is 0.0611. The molecule has 0 aliphatic rings. The van der Waals surface area contributed by atoms with E-state index in [1.165, 1.54) is 24.4 Å². The quantitative estimate of drug-likeness (QED) is 0.537. The number of nitrogens with zero attached hydrogens (tertiary/aromatic N) is 1. The maximum atomic E-state index is 13.7. The van der Waals surface area contributed by atoms with Gasteiger partial charge in [0.05, 0.1) is 17.4 Å². The fourth-order valence-electron chi connectivity index (χ4n) is 2.27. The minimum atomic E-state index is -1.66. The van der Waals surface area contributed by atoms with Crippen molar-refractivity contribution in [3.05, 3.63) is 71.8 Å². The Morgan fingerprint density at radius 2 is 1.77 bits per heavy atom. The molecule has 0 saturated carbocycles. The molecule has 1 aromatic heterocycles. The summed E-state index contributed by atoms with van der Waals surface area (Å²) >= 11 is 0. The molecule has 26 heavy (non-hydrogen) atoms. The van der Waals surface area contributed by atoms with Crippen LogP contribution in [0.2, 0.25) is 0 Å². The maximum Gasteiger partial charge on any atom is 0.224 e. The summed E-state index contributed by atoms with van der Waals surface area (Å²) in [5.74, 6) is -5.20. The van der Waals surface area contributed by atoms with Crippen LogP contribution in [0.25, 0.3) is 11.3 Å². The van der Waals surface area contributed by atoms with Crippen molar-refractivity contribution >= 4 is 11.6 Å². The highest BCUT2D eigenvalue weighted by molar-refractivity contribution is 5.90. The Morgan fingerprint density at radius 3 is 2.54 bits per heavy atom. The van der Waals surface area contributed by atoms with Gasteiger partial charge >= 0.3 is 0 Å². The zero-order chi connectivity index (χ0) is 18.7. The lowest BCUT2D eigenvalue weighted by Crippen LogP contribution is -2.14. The zero-order valence-corrected chi connectivity index (χ0v) is 13.2. The average Bonchev–Trinajstić information content (AvgIpc) is 3.10. The SMILES string of the molecule is O=C(CCc1ncc(-c2ccccc2F)o1)Nc1ccc(F)c(F)c1F. The van der Waals surface area contributed by atoms with E-state index >= 15 is 0 Å². The summed E-state index contributed by atoms with van der Waals surface area (Å²) < 4.78 is 58.6. The molecule has 3 rings (SSSR count). The van der Waals surface area contributed by atoms with Crippen molar-refractivity contribution in [2.24, 2.45) is 0 Å². The van der Waals surface area contributed by atoms with Gasteiger partial charge in [0, 0.05) is 12.8 Å². The van der Waals surface area contributed by atoms with Crippen LogP contribution in [0.15, 0.2) is 47.0 Å². The molecular weight excluding hydrogens is 352 g/mol. The van der Waals surface area contributed by atoms with Crippen molar-refractivity contribution < 1.29 is 26.8 Å². The lowest BCUT2D eigenvalue weighted by Gasteiger charge is -2.06. The first-order chi connectivity index (χ1) is 12.5. The number of oxazole rings is 1. The number of anilines is 1. The first kappa shape index (κ1) is 17.7. The summed E-state index contributed by atoms with van der Waals surface area (Å²) in [4.78, 5) is 15.8. The summed E-state index contributed by atoms with van der Waals surface area (Å²) in [5.41, 5.74) is -0.229. The van der Waals surface area contributed by atoms with Gasteiger partial charge in [-0.05, 0) is 24.3 Å². The Hall–Kier alpha value is -3.16. The van der Waals surface area contributed by atoms with Crippen molar-refractivity contribution in [2.75, 3.05) is 5.32 Å². The predicted molar refractivity (Wildman–Crippen MR) is 85.2 cm³/mol. The Bertz CT molecular complexity index is 956. The van der Waals surface area contributed by atoms with Crippen LogP contribution < -0.4 is 5.32 Å². The summed E-state index contributed by atoms with van der Waals surface area (Å²) in [5, 5.41) is 2.15. The van der Waals surface area contributed by atoms with E-state index in [0.717, 1.165) is 6.07 Å². The molecule has 0 aliphatic carbocycles. The molecule has 3 aromatic rings. The first-order valence-electron chi connectivity index (χ1n) is 7.58. The van der Waals surface area contributed by atoms with Crippen LogP contribution >= 0.6 is 0 Å². The second-order valence-corrected chi connectivity index (χ2v) is 5.37. The highest BCUT2D eigenvalue weighted by Gasteiger charge is 2.16. The number of amides is 1. The van der Waals surface area contributed by atoms with Gasteiger partial charge in [-0.2, -0.15) is 0 Å². The number of carbonyl (C=O) groups excluding carboxylic acids is 1. The lowest BCUT2D eigenvalue weighted by atomic mass is 10.2. The fraction of sp³-hybridized carbons (Fsp3) is 0.111. The molecule has 134 valence electrons. The summed E-state index contributed by atoms with van der Waals surface area (Å²) in [6.45, 7) is 0. The van der Waals surface area contributed by atoms with E-state index < -0.39 is 34.9 Å². The van der Waals surface area contributed by atoms with E-state index in [-0.39, 0.29) is 30.1 Å². The highest BCUT2D eigenvalue weighted by Crippen LogP contribution is 2.24. The Labute approximate surface area is 145 Å². The van der Waals surface area contributed by atoms with E-state index in [1.54, 1.807) is 6.07 Å². The molecule has 0 saturated heterocycles. The molecule has 0 bridgehead atoms. The van der Waals surface area contributed by atoms with Crippen molar-refractivity contribution in [2.45, 2.75) is 12.8 Å². The fourth-order valence-corrected chi connectivity index (χ4v) is 2.27. The Balaban J connectivity index is 1.62. The van der Waals surface area contributed by atoms with Crippen LogP contribution in [0.3, 0.4) is 0 Å². The van der Waals surface area contributed by atoms with Gasteiger partial charge in [0.25, 0.3) is 0 Å². The van der Waals surface area contributed by atoms with Crippen LogP contribution in [0.5, 0.6) is 0 Å². The second kappa shape index (κ2) is 7.38. The van der Waals surface area contributed by atoms with Crippen LogP contribution in [0.4, 0.5) is 23.2 Å². The average molecular weight is 364 g/mol. The summed E-state index contributed by atoms with van der Waals surface area (Å²) in [6, 6.07) is 7.62. The number of hydrogen-bond acceptors (Lipinski definition) is 3.